The Hall–Kier alpha value is -3.00. The lowest BCUT2D eigenvalue weighted by Crippen LogP contribution is -1.98. The van der Waals surface area contributed by atoms with Crippen molar-refractivity contribution in [2.75, 3.05) is 5.73 Å². The Morgan fingerprint density at radius 2 is 2.10 bits per heavy atom. The predicted octanol–water partition coefficient (Wildman–Crippen LogP) is 2.71. The van der Waals surface area contributed by atoms with Crippen molar-refractivity contribution in [2.24, 2.45) is 0 Å². The molecular formula is C16H13N5. The Bertz CT molecular complexity index is 864. The molecule has 0 atom stereocenters. The fourth-order valence-electron chi connectivity index (χ4n) is 2.29. The molecule has 102 valence electrons. The highest BCUT2D eigenvalue weighted by atomic mass is 14.8. The maximum atomic E-state index is 8.91. The second-order valence-electron chi connectivity index (χ2n) is 4.66. The average molecular weight is 275 g/mol. The molecule has 0 saturated heterocycles. The van der Waals surface area contributed by atoms with Gasteiger partial charge in [-0.3, -0.25) is 4.98 Å². The first-order valence-electron chi connectivity index (χ1n) is 6.63. The van der Waals surface area contributed by atoms with Crippen LogP contribution in [0.5, 0.6) is 0 Å². The molecule has 0 aliphatic rings. The van der Waals surface area contributed by atoms with Crippen LogP contribution in [-0.2, 0) is 6.42 Å². The highest BCUT2D eigenvalue weighted by Gasteiger charge is 2.10. The van der Waals surface area contributed by atoms with Crippen LogP contribution in [0.4, 0.5) is 5.69 Å². The lowest BCUT2D eigenvalue weighted by Gasteiger charge is -2.09. The minimum Gasteiger partial charge on any atom is -0.397 e. The molecule has 0 amide bonds. The van der Waals surface area contributed by atoms with E-state index >= 15 is 0 Å². The number of rotatable bonds is 2. The van der Waals surface area contributed by atoms with Gasteiger partial charge < -0.3 is 5.73 Å². The molecule has 0 fully saturated rings. The Morgan fingerprint density at radius 3 is 2.86 bits per heavy atom. The van der Waals surface area contributed by atoms with E-state index in [0.717, 1.165) is 23.2 Å². The molecule has 0 unspecified atom stereocenters. The monoisotopic (exact) mass is 275 g/mol. The van der Waals surface area contributed by atoms with E-state index in [-0.39, 0.29) is 0 Å². The van der Waals surface area contributed by atoms with E-state index in [0.29, 0.717) is 22.4 Å². The number of aromatic nitrogens is 3. The zero-order chi connectivity index (χ0) is 14.8. The number of hydrogen-bond donors (Lipinski definition) is 1. The van der Waals surface area contributed by atoms with Crippen molar-refractivity contribution >= 4 is 16.7 Å². The number of fused-ring (bicyclic) bond motifs is 1. The van der Waals surface area contributed by atoms with Crippen LogP contribution in [0, 0.1) is 11.3 Å². The number of aryl methyl sites for hydroxylation is 1. The molecule has 3 aromatic heterocycles. The molecule has 0 aliphatic heterocycles. The number of nitrogens with zero attached hydrogens (tertiary/aromatic N) is 4. The van der Waals surface area contributed by atoms with Crippen molar-refractivity contribution in [3.8, 4) is 17.3 Å². The van der Waals surface area contributed by atoms with E-state index in [4.69, 9.17) is 11.0 Å². The summed E-state index contributed by atoms with van der Waals surface area (Å²) in [6.45, 7) is 2.09. The first-order valence-corrected chi connectivity index (χ1v) is 6.63. The SMILES string of the molecule is CCc1ccncc1-c1cc(N)c2nc(C#N)ccc2n1. The summed E-state index contributed by atoms with van der Waals surface area (Å²) in [6, 6.07) is 9.18. The van der Waals surface area contributed by atoms with Crippen LogP contribution >= 0.6 is 0 Å². The predicted molar refractivity (Wildman–Crippen MR) is 81.3 cm³/mol. The average Bonchev–Trinajstić information content (AvgIpc) is 2.54. The molecule has 3 aromatic rings. The Labute approximate surface area is 122 Å². The Kier molecular flexibility index (Phi) is 3.20. The van der Waals surface area contributed by atoms with Gasteiger partial charge in [0.2, 0.25) is 0 Å². The molecule has 0 radical (unpaired) electrons. The molecule has 0 spiro atoms. The molecule has 0 saturated carbocycles. The number of anilines is 1. The van der Waals surface area contributed by atoms with E-state index in [2.05, 4.69) is 21.9 Å². The van der Waals surface area contributed by atoms with Gasteiger partial charge in [0.1, 0.15) is 17.3 Å². The topological polar surface area (TPSA) is 88.5 Å². The van der Waals surface area contributed by atoms with E-state index in [1.807, 2.05) is 12.1 Å². The number of nitriles is 1. The minimum atomic E-state index is 0.333. The first-order chi connectivity index (χ1) is 10.2. The van der Waals surface area contributed by atoms with Gasteiger partial charge in [-0.15, -0.1) is 0 Å². The molecule has 0 aliphatic carbocycles. The van der Waals surface area contributed by atoms with Crippen molar-refractivity contribution in [1.82, 2.24) is 15.0 Å². The van der Waals surface area contributed by atoms with Gasteiger partial charge in [-0.2, -0.15) is 5.26 Å². The van der Waals surface area contributed by atoms with Crippen LogP contribution in [0.3, 0.4) is 0 Å². The molecule has 5 nitrogen and oxygen atoms in total. The van der Waals surface area contributed by atoms with Gasteiger partial charge in [-0.25, -0.2) is 9.97 Å². The third-order valence-corrected chi connectivity index (χ3v) is 3.36. The summed E-state index contributed by atoms with van der Waals surface area (Å²) in [6.07, 6.45) is 4.46. The molecule has 3 heterocycles. The van der Waals surface area contributed by atoms with Gasteiger partial charge in [0.25, 0.3) is 0 Å². The van der Waals surface area contributed by atoms with Crippen molar-refractivity contribution in [2.45, 2.75) is 13.3 Å². The first kappa shape index (κ1) is 13.0. The molecule has 21 heavy (non-hydrogen) atoms. The minimum absolute atomic E-state index is 0.333. The summed E-state index contributed by atoms with van der Waals surface area (Å²) in [4.78, 5) is 13.0. The van der Waals surface area contributed by atoms with Crippen LogP contribution in [0.25, 0.3) is 22.3 Å². The molecule has 3 rings (SSSR count). The Morgan fingerprint density at radius 1 is 1.24 bits per heavy atom. The van der Waals surface area contributed by atoms with Crippen LogP contribution in [-0.4, -0.2) is 15.0 Å². The summed E-state index contributed by atoms with van der Waals surface area (Å²) in [5.41, 5.74) is 11.1. The standard InChI is InChI=1S/C16H13N5/c1-2-10-5-6-19-9-12(10)15-7-13(18)16-14(21-15)4-3-11(8-17)20-16/h3-7,9H,2H2,1H3,(H2,18,21). The number of nitrogen functional groups attached to an aromatic ring is 1. The fourth-order valence-corrected chi connectivity index (χ4v) is 2.29. The molecule has 5 heteroatoms. The highest BCUT2D eigenvalue weighted by Crippen LogP contribution is 2.27. The summed E-state index contributed by atoms with van der Waals surface area (Å²) >= 11 is 0. The highest BCUT2D eigenvalue weighted by molar-refractivity contribution is 5.89. The second kappa shape index (κ2) is 5.17. The lowest BCUT2D eigenvalue weighted by molar-refractivity contribution is 1.11. The molecule has 0 bridgehead atoms. The molecule has 2 N–H and O–H groups in total. The zero-order valence-electron chi connectivity index (χ0n) is 11.5. The van der Waals surface area contributed by atoms with Crippen LogP contribution in [0.1, 0.15) is 18.2 Å². The largest absolute Gasteiger partial charge is 0.397 e. The second-order valence-corrected chi connectivity index (χ2v) is 4.66. The molecular weight excluding hydrogens is 262 g/mol. The van der Waals surface area contributed by atoms with E-state index in [1.54, 1.807) is 30.6 Å². The third kappa shape index (κ3) is 2.28. The number of pyridine rings is 3. The van der Waals surface area contributed by atoms with Crippen LogP contribution in [0.15, 0.2) is 36.7 Å². The van der Waals surface area contributed by atoms with Crippen LogP contribution in [0.2, 0.25) is 0 Å². The van der Waals surface area contributed by atoms with Gasteiger partial charge >= 0.3 is 0 Å². The normalized spacial score (nSPS) is 10.5. The van der Waals surface area contributed by atoms with Crippen LogP contribution < -0.4 is 5.73 Å². The van der Waals surface area contributed by atoms with Crippen molar-refractivity contribution in [3.05, 3.63) is 47.9 Å². The van der Waals surface area contributed by atoms with Gasteiger partial charge in [-0.1, -0.05) is 6.92 Å². The van der Waals surface area contributed by atoms with Gasteiger partial charge in [-0.05, 0) is 36.2 Å². The van der Waals surface area contributed by atoms with Crippen molar-refractivity contribution < 1.29 is 0 Å². The Balaban J connectivity index is 2.24. The zero-order valence-corrected chi connectivity index (χ0v) is 11.5. The van der Waals surface area contributed by atoms with E-state index in [9.17, 15) is 0 Å². The van der Waals surface area contributed by atoms with Gasteiger partial charge in [0, 0.05) is 18.0 Å². The summed E-state index contributed by atoms with van der Waals surface area (Å²) < 4.78 is 0. The van der Waals surface area contributed by atoms with Crippen molar-refractivity contribution in [1.29, 1.82) is 5.26 Å². The fraction of sp³-hybridized carbons (Fsp3) is 0.125. The summed E-state index contributed by atoms with van der Waals surface area (Å²) in [5.74, 6) is 0. The quantitative estimate of drug-likeness (QED) is 0.776. The number of hydrogen-bond acceptors (Lipinski definition) is 5. The van der Waals surface area contributed by atoms with Gasteiger partial charge in [0.05, 0.1) is 16.9 Å². The molecule has 0 aromatic carbocycles. The number of nitrogens with two attached hydrogens (primary N) is 1. The van der Waals surface area contributed by atoms with E-state index in [1.165, 1.54) is 0 Å². The van der Waals surface area contributed by atoms with Gasteiger partial charge in [0.15, 0.2) is 0 Å². The maximum absolute atomic E-state index is 8.91. The smallest absolute Gasteiger partial charge is 0.141 e. The third-order valence-electron chi connectivity index (χ3n) is 3.36. The maximum Gasteiger partial charge on any atom is 0.141 e. The summed E-state index contributed by atoms with van der Waals surface area (Å²) in [7, 11) is 0. The lowest BCUT2D eigenvalue weighted by atomic mass is 10.0. The summed E-state index contributed by atoms with van der Waals surface area (Å²) in [5, 5.41) is 8.91. The van der Waals surface area contributed by atoms with E-state index < -0.39 is 0 Å². The van der Waals surface area contributed by atoms with Crippen molar-refractivity contribution in [3.63, 3.8) is 0 Å².